The fourth-order valence-electron chi connectivity index (χ4n) is 6.11. The van der Waals surface area contributed by atoms with E-state index in [1.54, 1.807) is 13.1 Å². The maximum absolute atomic E-state index is 12.6. The summed E-state index contributed by atoms with van der Waals surface area (Å²) in [5.74, 6) is 2.00. The first-order valence-electron chi connectivity index (χ1n) is 15.8. The molecule has 0 unspecified atom stereocenters. The van der Waals surface area contributed by atoms with Crippen molar-refractivity contribution < 1.29 is 13.7 Å². The lowest BCUT2D eigenvalue weighted by molar-refractivity contribution is 0.0949. The number of pyridine rings is 1. The van der Waals surface area contributed by atoms with Gasteiger partial charge in [0, 0.05) is 55.8 Å². The molecule has 232 valence electrons. The Labute approximate surface area is 258 Å². The molecule has 0 bridgehead atoms. The van der Waals surface area contributed by atoms with E-state index in [1.165, 1.54) is 12.8 Å². The zero-order valence-electron chi connectivity index (χ0n) is 25.8. The SMILES string of the molecule is Cc1nc(-c2ccc(N3CCC[C@H](N[C@@H]4CCCC[C@H]4Nc4ncc(-c5cccc(C(=O)NCC(C)C)c5)o4)C3)cn2)no1. The molecule has 11 nitrogen and oxygen atoms in total. The second-order valence-electron chi connectivity index (χ2n) is 12.3. The molecule has 44 heavy (non-hydrogen) atoms. The van der Waals surface area contributed by atoms with Gasteiger partial charge in [0.1, 0.15) is 5.69 Å². The highest BCUT2D eigenvalue weighted by atomic mass is 16.5. The first kappa shape index (κ1) is 29.8. The third-order valence-electron chi connectivity index (χ3n) is 8.40. The van der Waals surface area contributed by atoms with Crippen LogP contribution in [0, 0.1) is 12.8 Å². The number of nitrogens with zero attached hydrogens (tertiary/aromatic N) is 5. The van der Waals surface area contributed by atoms with Crippen LogP contribution in [0.3, 0.4) is 0 Å². The van der Waals surface area contributed by atoms with Crippen LogP contribution in [-0.2, 0) is 0 Å². The minimum absolute atomic E-state index is 0.0805. The monoisotopic (exact) mass is 598 g/mol. The van der Waals surface area contributed by atoms with Crippen LogP contribution in [0.2, 0.25) is 0 Å². The van der Waals surface area contributed by atoms with Crippen LogP contribution in [0.5, 0.6) is 0 Å². The number of anilines is 2. The Morgan fingerprint density at radius 1 is 1.05 bits per heavy atom. The van der Waals surface area contributed by atoms with Gasteiger partial charge in [-0.2, -0.15) is 4.98 Å². The van der Waals surface area contributed by atoms with E-state index in [0.717, 1.165) is 50.0 Å². The van der Waals surface area contributed by atoms with Crippen LogP contribution in [0.25, 0.3) is 22.8 Å². The lowest BCUT2D eigenvalue weighted by Crippen LogP contribution is -2.54. The van der Waals surface area contributed by atoms with E-state index in [-0.39, 0.29) is 11.9 Å². The zero-order chi connectivity index (χ0) is 30.5. The van der Waals surface area contributed by atoms with Crippen LogP contribution >= 0.6 is 0 Å². The molecule has 0 spiro atoms. The smallest absolute Gasteiger partial charge is 0.295 e. The van der Waals surface area contributed by atoms with Crippen molar-refractivity contribution in [3.05, 3.63) is 60.2 Å². The van der Waals surface area contributed by atoms with Gasteiger partial charge in [-0.1, -0.05) is 44.0 Å². The van der Waals surface area contributed by atoms with Crippen molar-refractivity contribution in [1.29, 1.82) is 0 Å². The van der Waals surface area contributed by atoms with Gasteiger partial charge in [-0.15, -0.1) is 0 Å². The number of nitrogens with one attached hydrogen (secondary N) is 3. The van der Waals surface area contributed by atoms with Crippen molar-refractivity contribution >= 4 is 17.6 Å². The average molecular weight is 599 g/mol. The summed E-state index contributed by atoms with van der Waals surface area (Å²) in [6.45, 7) is 8.50. The van der Waals surface area contributed by atoms with Gasteiger partial charge < -0.3 is 29.8 Å². The summed E-state index contributed by atoms with van der Waals surface area (Å²) < 4.78 is 11.2. The molecule has 2 fully saturated rings. The van der Waals surface area contributed by atoms with Crippen molar-refractivity contribution in [2.45, 2.75) is 77.4 Å². The van der Waals surface area contributed by atoms with Gasteiger partial charge in [0.2, 0.25) is 11.7 Å². The van der Waals surface area contributed by atoms with Crippen LogP contribution in [0.15, 0.2) is 57.7 Å². The Balaban J connectivity index is 1.06. The van der Waals surface area contributed by atoms with Crippen molar-refractivity contribution in [2.75, 3.05) is 29.9 Å². The van der Waals surface area contributed by atoms with Crippen LogP contribution in [0.4, 0.5) is 11.7 Å². The predicted molar refractivity (Wildman–Crippen MR) is 169 cm³/mol. The summed E-state index contributed by atoms with van der Waals surface area (Å²) in [6.07, 6.45) is 10.4. The van der Waals surface area contributed by atoms with Crippen LogP contribution in [-0.4, -0.2) is 63.8 Å². The van der Waals surface area contributed by atoms with Gasteiger partial charge in [-0.3, -0.25) is 9.78 Å². The maximum Gasteiger partial charge on any atom is 0.295 e. The number of aromatic nitrogens is 4. The summed E-state index contributed by atoms with van der Waals surface area (Å²) in [5, 5.41) is 14.5. The van der Waals surface area contributed by atoms with Gasteiger partial charge in [0.25, 0.3) is 11.9 Å². The summed E-state index contributed by atoms with van der Waals surface area (Å²) in [7, 11) is 0. The quantitative estimate of drug-likeness (QED) is 0.216. The molecule has 0 radical (unpaired) electrons. The van der Waals surface area contributed by atoms with Crippen molar-refractivity contribution in [3.8, 4) is 22.8 Å². The van der Waals surface area contributed by atoms with Gasteiger partial charge in [0.15, 0.2) is 5.76 Å². The Morgan fingerprint density at radius 2 is 1.91 bits per heavy atom. The molecule has 1 aromatic carbocycles. The number of aryl methyl sites for hydroxylation is 1. The Kier molecular flexibility index (Phi) is 9.20. The van der Waals surface area contributed by atoms with Crippen molar-refractivity contribution in [2.24, 2.45) is 5.92 Å². The fourth-order valence-corrected chi connectivity index (χ4v) is 6.11. The molecule has 4 heterocycles. The minimum Gasteiger partial charge on any atom is -0.424 e. The first-order chi connectivity index (χ1) is 21.4. The largest absolute Gasteiger partial charge is 0.424 e. The Morgan fingerprint density at radius 3 is 2.68 bits per heavy atom. The molecule has 3 aromatic heterocycles. The van der Waals surface area contributed by atoms with E-state index in [4.69, 9.17) is 8.94 Å². The predicted octanol–water partition coefficient (Wildman–Crippen LogP) is 5.46. The number of rotatable bonds is 10. The lowest BCUT2D eigenvalue weighted by atomic mass is 9.89. The van der Waals surface area contributed by atoms with Crippen molar-refractivity contribution in [3.63, 3.8) is 0 Å². The van der Waals surface area contributed by atoms with Gasteiger partial charge in [-0.25, -0.2) is 4.98 Å². The highest BCUT2D eigenvalue weighted by Crippen LogP contribution is 2.28. The Bertz CT molecular complexity index is 1530. The molecule has 4 aromatic rings. The van der Waals surface area contributed by atoms with Crippen LogP contribution in [0.1, 0.15) is 68.6 Å². The molecule has 3 N–H and O–H groups in total. The highest BCUT2D eigenvalue weighted by molar-refractivity contribution is 5.95. The van der Waals surface area contributed by atoms with Gasteiger partial charge >= 0.3 is 0 Å². The number of benzene rings is 1. The molecule has 1 aliphatic heterocycles. The van der Waals surface area contributed by atoms with Gasteiger partial charge in [0.05, 0.1) is 18.1 Å². The summed E-state index contributed by atoms with van der Waals surface area (Å²) in [5.41, 5.74) is 3.26. The van der Waals surface area contributed by atoms with E-state index in [1.807, 2.05) is 36.5 Å². The van der Waals surface area contributed by atoms with Gasteiger partial charge in [-0.05, 0) is 55.9 Å². The number of hydrogen-bond donors (Lipinski definition) is 3. The Hall–Kier alpha value is -4.25. The molecular formula is C33H42N8O3. The highest BCUT2D eigenvalue weighted by Gasteiger charge is 2.30. The molecule has 1 saturated carbocycles. The summed E-state index contributed by atoms with van der Waals surface area (Å²) >= 11 is 0. The standard InChI is InChI=1S/C33H42N8O3/c1-21(2)17-35-32(42)24-9-6-8-23(16-24)30-19-36-33(43-30)39-28-12-5-4-11-27(28)38-25-10-7-15-41(20-25)26-13-14-29(34-18-26)31-37-22(3)44-40-31/h6,8-9,13-14,16,18-19,21,25,27-28,38H,4-5,7,10-12,15,17,20H2,1-3H3,(H,35,42)(H,36,39)/t25-,27+,28+/m0/s1. The van der Waals surface area contributed by atoms with E-state index < -0.39 is 0 Å². The second kappa shape index (κ2) is 13.6. The van der Waals surface area contributed by atoms with Crippen molar-refractivity contribution in [1.82, 2.24) is 30.7 Å². The molecule has 2 aliphatic rings. The number of amides is 1. The number of piperidine rings is 1. The zero-order valence-corrected chi connectivity index (χ0v) is 25.8. The lowest BCUT2D eigenvalue weighted by Gasteiger charge is -2.40. The summed E-state index contributed by atoms with van der Waals surface area (Å²) in [4.78, 5) is 28.4. The third kappa shape index (κ3) is 7.27. The molecule has 3 atom stereocenters. The number of carbonyl (C=O) groups is 1. The number of carbonyl (C=O) groups excluding carboxylic acids is 1. The molecule has 6 rings (SSSR count). The topological polar surface area (TPSA) is 134 Å². The fraction of sp³-hybridized carbons (Fsp3) is 0.485. The molecule has 1 amide bonds. The third-order valence-corrected chi connectivity index (χ3v) is 8.40. The molecule has 11 heteroatoms. The average Bonchev–Trinajstić information content (AvgIpc) is 3.70. The van der Waals surface area contributed by atoms with E-state index >= 15 is 0 Å². The van der Waals surface area contributed by atoms with E-state index in [2.05, 4.69) is 60.9 Å². The first-order valence-corrected chi connectivity index (χ1v) is 15.8. The van der Waals surface area contributed by atoms with E-state index in [0.29, 0.717) is 59.3 Å². The molecule has 1 aliphatic carbocycles. The van der Waals surface area contributed by atoms with Crippen LogP contribution < -0.4 is 20.9 Å². The molecular weight excluding hydrogens is 556 g/mol. The minimum atomic E-state index is -0.0805. The second-order valence-corrected chi connectivity index (χ2v) is 12.3. The maximum atomic E-state index is 12.6. The normalized spacial score (nSPS) is 20.5. The molecule has 1 saturated heterocycles. The summed E-state index contributed by atoms with van der Waals surface area (Å²) in [6, 6.07) is 13.0. The number of hydrogen-bond acceptors (Lipinski definition) is 10. The number of oxazole rings is 1. The van der Waals surface area contributed by atoms with E-state index in [9.17, 15) is 4.79 Å².